The van der Waals surface area contributed by atoms with Crippen LogP contribution in [-0.2, 0) is 14.2 Å². The van der Waals surface area contributed by atoms with Gasteiger partial charge in [0, 0.05) is 145 Å². The van der Waals surface area contributed by atoms with E-state index in [2.05, 4.69) is 0 Å². The number of esters is 3. The zero-order chi connectivity index (χ0) is 105. The molecule has 0 saturated carbocycles. The average molecular weight is 2220 g/mol. The first-order valence-electron chi connectivity index (χ1n) is 41.9. The molecule has 22 nitrogen and oxygen atoms in total. The molecule has 0 aliphatic rings. The van der Waals surface area contributed by atoms with Crippen molar-refractivity contribution in [1.82, 2.24) is 0 Å². The van der Waals surface area contributed by atoms with E-state index in [4.69, 9.17) is 142 Å². The molecule has 0 fully saturated rings. The first kappa shape index (κ1) is 112. The Morgan fingerprint density at radius 1 is 0.271 bits per heavy atom. The molecule has 0 unspecified atom stereocenters. The normalized spacial score (nSPS) is 10.6. The summed E-state index contributed by atoms with van der Waals surface area (Å²) >= 11 is 67.0. The molecule has 0 amide bonds. The van der Waals surface area contributed by atoms with Crippen LogP contribution in [0.25, 0.3) is 0 Å². The number of halogens is 10. The summed E-state index contributed by atoms with van der Waals surface area (Å²) in [7, 11) is 11.4. The van der Waals surface area contributed by atoms with Gasteiger partial charge in [-0.1, -0.05) is 266 Å². The lowest BCUT2D eigenvalue weighted by atomic mass is 9.98. The Balaban J connectivity index is 0.000000172. The van der Waals surface area contributed by atoms with Crippen LogP contribution in [0.2, 0.25) is 50.2 Å². The number of carboxylic acid groups (broad SMARTS) is 2. The number of methoxy groups -OCH3 is 3. The van der Waals surface area contributed by atoms with Gasteiger partial charge in [-0.15, -0.1) is 0 Å². The minimum absolute atomic E-state index is 0.0156. The topological polar surface area (TPSA) is 341 Å². The minimum Gasteiger partial charge on any atom is -0.478 e. The number of carboxylic acids is 2. The maximum Gasteiger partial charge on any atom is 0.338 e. The molecule has 732 valence electrons. The number of nitrogens with two attached hydrogens (primary N) is 2. The van der Waals surface area contributed by atoms with Crippen molar-refractivity contribution < 1.29 is 77.3 Å². The highest BCUT2D eigenvalue weighted by molar-refractivity contribution is 8.00. The van der Waals surface area contributed by atoms with Crippen LogP contribution in [0.3, 0.4) is 0 Å². The van der Waals surface area contributed by atoms with E-state index < -0.39 is 46.3 Å². The van der Waals surface area contributed by atoms with E-state index in [9.17, 15) is 68.3 Å². The monoisotopic (exact) mass is 2210 g/mol. The third-order valence-electron chi connectivity index (χ3n) is 20.5. The van der Waals surface area contributed by atoms with E-state index in [-0.39, 0.29) is 78.7 Å². The van der Waals surface area contributed by atoms with Crippen molar-refractivity contribution in [3.05, 3.63) is 447 Å². The van der Waals surface area contributed by atoms with E-state index in [1.165, 1.54) is 123 Å². The fourth-order valence-electron chi connectivity index (χ4n) is 13.4. The van der Waals surface area contributed by atoms with Gasteiger partial charge in [0.1, 0.15) is 0 Å². The van der Waals surface area contributed by atoms with Crippen molar-refractivity contribution in [2.45, 2.75) is 49.0 Å². The molecule has 0 aromatic heterocycles. The van der Waals surface area contributed by atoms with Gasteiger partial charge in [-0.05, 0) is 206 Å². The van der Waals surface area contributed by atoms with Gasteiger partial charge < -0.3 is 45.7 Å². The molecule has 0 radical (unpaired) electrons. The quantitative estimate of drug-likeness (QED) is 0.00883. The Bertz CT molecular complexity index is 7530. The lowest BCUT2D eigenvalue weighted by Crippen LogP contribution is -2.14. The lowest BCUT2D eigenvalue weighted by Gasteiger charge is -2.18. The summed E-state index contributed by atoms with van der Waals surface area (Å²) in [5.41, 5.74) is 17.7. The average Bonchev–Trinajstić information content (AvgIpc) is 0.804. The van der Waals surface area contributed by atoms with Crippen molar-refractivity contribution in [2.75, 3.05) is 70.8 Å². The van der Waals surface area contributed by atoms with Gasteiger partial charge in [0.2, 0.25) is 0 Å². The second kappa shape index (κ2) is 52.2. The number of benzene rings is 15. The maximum absolute atomic E-state index is 13.1. The van der Waals surface area contributed by atoms with Crippen molar-refractivity contribution in [3.8, 4) is 0 Å². The van der Waals surface area contributed by atoms with Crippen molar-refractivity contribution >= 4 is 262 Å². The van der Waals surface area contributed by atoms with Crippen molar-refractivity contribution in [1.29, 1.82) is 0 Å². The highest BCUT2D eigenvalue weighted by Crippen LogP contribution is 2.45. The van der Waals surface area contributed by atoms with Crippen LogP contribution < -0.4 is 21.3 Å². The van der Waals surface area contributed by atoms with E-state index in [1.807, 2.05) is 80.5 Å². The summed E-state index contributed by atoms with van der Waals surface area (Å²) in [5.74, 6) is -5.87. The van der Waals surface area contributed by atoms with E-state index in [0.29, 0.717) is 99.2 Å². The van der Waals surface area contributed by atoms with Crippen LogP contribution in [0.1, 0.15) is 131 Å². The highest BCUT2D eigenvalue weighted by atomic mass is 35.5. The van der Waals surface area contributed by atoms with Crippen LogP contribution in [-0.4, -0.2) is 123 Å². The Hall–Kier alpha value is -12.8. The zero-order valence-electron chi connectivity index (χ0n) is 76.2. The molecule has 15 aromatic rings. The SMILES string of the molecule is CN(C)c1cc(C(=O)c2ccccc2C(=O)O)ccc1Sc1ccc(Cl)c(Cl)c1.COC(=O)c1ccccc1C(=O)c1ccc(Sc2ccc(Cl)c(Cl)c2)c(N(C)C)c1.COC(=O)c1ccccc1C(=O)c1ccc(Sc2ccc(Cl)c(Cl)c2)c(N)c1.COC(=O)c1ccccc1C(=O)c1ccc(Sc2ccc(Cl)c(Cl)c2)c([N+](=O)[O-])c1.Nc1cc(C(=O)c2ccccc2C(=O)O)ccc1Sc1ccc(Cl)c(Cl)c1. The fourth-order valence-corrected chi connectivity index (χ4v) is 20.0. The number of hydrogen-bond donors (Lipinski definition) is 4. The number of hydrogen-bond acceptors (Lipinski definition) is 24. The first-order chi connectivity index (χ1) is 68.7. The number of ether oxygens (including phenoxy) is 3. The second-order valence-corrected chi connectivity index (χ2v) is 40.1. The zero-order valence-corrected chi connectivity index (χ0v) is 87.8. The maximum atomic E-state index is 13.1. The molecular formula is C107H77Cl10N5O17S5. The number of carbonyl (C=O) groups is 10. The molecule has 0 atom stereocenters. The molecule has 6 N–H and O–H groups in total. The molecule has 0 saturated heterocycles. The van der Waals surface area contributed by atoms with Gasteiger partial charge in [-0.3, -0.25) is 34.1 Å². The van der Waals surface area contributed by atoms with Crippen molar-refractivity contribution in [3.63, 3.8) is 0 Å². The molecule has 0 bridgehead atoms. The van der Waals surface area contributed by atoms with Gasteiger partial charge in [-0.2, -0.15) is 0 Å². The molecule has 0 spiro atoms. The Morgan fingerprint density at radius 2 is 0.479 bits per heavy atom. The van der Waals surface area contributed by atoms with Crippen LogP contribution >= 0.6 is 175 Å². The first-order valence-corrected chi connectivity index (χ1v) is 49.8. The van der Waals surface area contributed by atoms with Gasteiger partial charge >= 0.3 is 29.8 Å². The Labute approximate surface area is 898 Å². The minimum atomic E-state index is -1.15. The number of nitrogen functional groups attached to an aromatic ring is 2. The van der Waals surface area contributed by atoms with Gasteiger partial charge in [0.25, 0.3) is 5.69 Å². The van der Waals surface area contributed by atoms with Gasteiger partial charge in [-0.25, -0.2) is 24.0 Å². The summed E-state index contributed by atoms with van der Waals surface area (Å²) in [6.07, 6.45) is 0. The molecule has 0 aliphatic carbocycles. The number of carbonyl (C=O) groups excluding carboxylic acids is 8. The van der Waals surface area contributed by atoms with Gasteiger partial charge in [0.05, 0.1) is 121 Å². The number of rotatable bonds is 28. The fraction of sp³-hybridized carbons (Fsp3) is 0.0654. The summed E-state index contributed by atoms with van der Waals surface area (Å²) < 4.78 is 14.3. The standard InChI is InChI=1S/C23H19Cl2NO3S.C22H17Cl2NO3S.C21H13Cl2NO5S.C21H15Cl2NO3S.C20H13Cl2NO3S/c1-26(2)20-12-14(22(27)16-6-4-5-7-17(16)23(28)29-3)8-11-21(20)30-15-9-10-18(24)19(25)13-15;1-25(2)19-11-13(21(26)15-5-3-4-6-16(15)22(27)28)7-10-20(19)29-14-8-9-17(23)18(24)12-14;1-29-21(26)15-5-3-2-4-14(15)20(25)12-6-9-19(18(10-12)24(27)28)30-13-7-8-16(22)17(23)11-13;1-27-21(26)15-5-3-2-4-14(15)20(25)12-6-9-19(18(24)10-12)28-13-7-8-16(22)17(23)11-13;21-15-7-6-12(10-16(15)22)27-18-8-5-11(9-17(18)23)19(24)13-3-1-2-4-14(13)20(25)26/h4-13H,1-3H3;3-12H,1-2H3,(H,27,28);2-11H,1H3;2-11H,24H2,1H3;1-10H,23H2,(H,25,26). The van der Waals surface area contributed by atoms with Gasteiger partial charge in [0.15, 0.2) is 28.9 Å². The largest absolute Gasteiger partial charge is 0.478 e. The highest BCUT2D eigenvalue weighted by Gasteiger charge is 2.28. The second-order valence-electron chi connectivity index (χ2n) is 30.4. The summed E-state index contributed by atoms with van der Waals surface area (Å²) in [5, 5.41) is 34.7. The predicted octanol–water partition coefficient (Wildman–Crippen LogP) is 29.8. The van der Waals surface area contributed by atoms with Crippen LogP contribution in [0.15, 0.2) is 352 Å². The number of nitro groups is 1. The predicted molar refractivity (Wildman–Crippen MR) is 577 cm³/mol. The van der Waals surface area contributed by atoms with Crippen LogP contribution in [0.5, 0.6) is 0 Å². The summed E-state index contributed by atoms with van der Waals surface area (Å²) in [6.45, 7) is 0. The molecular weight excluding hydrogens is 2140 g/mol. The third-order valence-corrected chi connectivity index (χ3v) is 29.5. The number of nitro benzene ring substituents is 1. The molecule has 37 heteroatoms. The molecule has 15 aromatic carbocycles. The Morgan fingerprint density at radius 3 is 0.708 bits per heavy atom. The van der Waals surface area contributed by atoms with E-state index >= 15 is 0 Å². The number of anilines is 4. The number of nitrogens with zero attached hydrogens (tertiary/aromatic N) is 3. The van der Waals surface area contributed by atoms with E-state index in [1.54, 1.807) is 206 Å². The molecule has 0 aliphatic heterocycles. The summed E-state index contributed by atoms with van der Waals surface area (Å²) in [6, 6.07) is 82.7. The smallest absolute Gasteiger partial charge is 0.338 e. The number of aromatic carboxylic acids is 2. The lowest BCUT2D eigenvalue weighted by molar-refractivity contribution is -0.387. The molecule has 15 rings (SSSR count). The summed E-state index contributed by atoms with van der Waals surface area (Å²) in [4.78, 5) is 146. The molecule has 0 heterocycles. The van der Waals surface area contributed by atoms with Crippen molar-refractivity contribution in [2.24, 2.45) is 0 Å². The van der Waals surface area contributed by atoms with Crippen LogP contribution in [0.4, 0.5) is 28.4 Å². The van der Waals surface area contributed by atoms with E-state index in [0.717, 1.165) is 62.3 Å². The van der Waals surface area contributed by atoms with Crippen LogP contribution in [0, 0.1) is 10.1 Å². The number of ketones is 5. The Kier molecular flexibility index (Phi) is 40.4. The molecule has 144 heavy (non-hydrogen) atoms. The third kappa shape index (κ3) is 29.1.